The Bertz CT molecular complexity index is 1020. The minimum Gasteiger partial charge on any atom is -0.510 e. The summed E-state index contributed by atoms with van der Waals surface area (Å²) in [6.07, 6.45) is 1.72. The Balaban J connectivity index is 1.69. The molecule has 2 N–H and O–H groups in total. The normalized spacial score (nSPS) is 14.5. The van der Waals surface area contributed by atoms with Crippen LogP contribution in [0.4, 0.5) is 0 Å². The molecule has 0 bridgehead atoms. The van der Waals surface area contributed by atoms with E-state index in [-0.39, 0.29) is 18.1 Å². The number of pyridine rings is 1. The van der Waals surface area contributed by atoms with E-state index in [0.29, 0.717) is 17.9 Å². The second-order valence-electron chi connectivity index (χ2n) is 6.20. The van der Waals surface area contributed by atoms with Crippen molar-refractivity contribution in [1.82, 2.24) is 19.4 Å². The van der Waals surface area contributed by atoms with Gasteiger partial charge < -0.3 is 19.3 Å². The fraction of sp³-hybridized carbons (Fsp3) is 0.211. The van der Waals surface area contributed by atoms with Crippen LogP contribution in [-0.4, -0.2) is 44.0 Å². The number of hydrogen-bond donors (Lipinski definition) is 2. The van der Waals surface area contributed by atoms with Crippen molar-refractivity contribution < 1.29 is 9.84 Å². The van der Waals surface area contributed by atoms with Crippen LogP contribution in [0, 0.1) is 5.41 Å². The highest BCUT2D eigenvalue weighted by Gasteiger charge is 2.31. The first-order valence-corrected chi connectivity index (χ1v) is 8.25. The third-order valence-corrected chi connectivity index (χ3v) is 4.57. The Morgan fingerprint density at radius 1 is 1.27 bits per heavy atom. The SMILES string of the molecule is COc1ccc2c(c1)nc(C1=C(O)CN(Cc3ccccn3)C1=N)n2C. The standard InChI is InChI=1S/C19H19N5O2/c1-23-15-7-6-13(26-2)9-14(15)22-19(23)17-16(25)11-24(18(17)20)10-12-5-3-4-8-21-12/h3-9,20,25H,10-11H2,1-2H3. The molecule has 0 atom stereocenters. The smallest absolute Gasteiger partial charge is 0.148 e. The molecule has 0 saturated heterocycles. The Labute approximate surface area is 150 Å². The summed E-state index contributed by atoms with van der Waals surface area (Å²) in [4.78, 5) is 10.7. The number of aliphatic hydroxyl groups excluding tert-OH is 1. The summed E-state index contributed by atoms with van der Waals surface area (Å²) in [5.74, 6) is 1.69. The van der Waals surface area contributed by atoms with E-state index in [1.54, 1.807) is 18.2 Å². The van der Waals surface area contributed by atoms with Crippen LogP contribution in [0.1, 0.15) is 11.5 Å². The van der Waals surface area contributed by atoms with E-state index in [4.69, 9.17) is 10.1 Å². The van der Waals surface area contributed by atoms with Crippen molar-refractivity contribution in [3.8, 4) is 5.75 Å². The van der Waals surface area contributed by atoms with Gasteiger partial charge in [-0.1, -0.05) is 6.07 Å². The first-order chi connectivity index (χ1) is 12.6. The molecule has 2 aromatic heterocycles. The van der Waals surface area contributed by atoms with Gasteiger partial charge in [-0.25, -0.2) is 4.98 Å². The third-order valence-electron chi connectivity index (χ3n) is 4.57. The summed E-state index contributed by atoms with van der Waals surface area (Å²) in [5, 5.41) is 19.0. The fourth-order valence-corrected chi connectivity index (χ4v) is 3.22. The molecular weight excluding hydrogens is 330 g/mol. The highest BCUT2D eigenvalue weighted by Crippen LogP contribution is 2.30. The van der Waals surface area contributed by atoms with E-state index in [0.717, 1.165) is 22.5 Å². The van der Waals surface area contributed by atoms with Gasteiger partial charge in [0.1, 0.15) is 23.2 Å². The van der Waals surface area contributed by atoms with Gasteiger partial charge in [-0.15, -0.1) is 0 Å². The van der Waals surface area contributed by atoms with Gasteiger partial charge in [0.2, 0.25) is 0 Å². The van der Waals surface area contributed by atoms with Gasteiger partial charge in [0.15, 0.2) is 0 Å². The predicted octanol–water partition coefficient (Wildman–Crippen LogP) is 2.74. The molecule has 1 aromatic carbocycles. The van der Waals surface area contributed by atoms with E-state index in [1.807, 2.05) is 48.0 Å². The zero-order valence-electron chi connectivity index (χ0n) is 14.6. The molecule has 0 amide bonds. The summed E-state index contributed by atoms with van der Waals surface area (Å²) in [6, 6.07) is 11.3. The molecular formula is C19H19N5O2. The van der Waals surface area contributed by atoms with Gasteiger partial charge in [-0.3, -0.25) is 10.4 Å². The van der Waals surface area contributed by atoms with Crippen molar-refractivity contribution in [3.63, 3.8) is 0 Å². The highest BCUT2D eigenvalue weighted by molar-refractivity contribution is 6.23. The molecule has 0 aliphatic carbocycles. The van der Waals surface area contributed by atoms with Gasteiger partial charge >= 0.3 is 0 Å². The maximum absolute atomic E-state index is 10.5. The Hall–Kier alpha value is -3.35. The van der Waals surface area contributed by atoms with Crippen LogP contribution in [0.15, 0.2) is 48.4 Å². The number of methoxy groups -OCH3 is 1. The Morgan fingerprint density at radius 3 is 2.85 bits per heavy atom. The average Bonchev–Trinajstić information content (AvgIpc) is 3.11. The van der Waals surface area contributed by atoms with E-state index in [1.165, 1.54) is 0 Å². The molecule has 0 spiro atoms. The Kier molecular flexibility index (Phi) is 3.84. The average molecular weight is 349 g/mol. The lowest BCUT2D eigenvalue weighted by atomic mass is 10.2. The van der Waals surface area contributed by atoms with Crippen molar-refractivity contribution in [2.45, 2.75) is 6.54 Å². The molecule has 7 heteroatoms. The number of ether oxygens (including phenoxy) is 1. The number of nitrogens with zero attached hydrogens (tertiary/aromatic N) is 4. The zero-order valence-corrected chi connectivity index (χ0v) is 14.6. The maximum atomic E-state index is 10.5. The molecule has 7 nitrogen and oxygen atoms in total. The summed E-state index contributed by atoms with van der Waals surface area (Å²) >= 11 is 0. The maximum Gasteiger partial charge on any atom is 0.148 e. The second kappa shape index (κ2) is 6.18. The van der Waals surface area contributed by atoms with Crippen molar-refractivity contribution in [2.24, 2.45) is 7.05 Å². The molecule has 3 heterocycles. The first kappa shape index (κ1) is 16.1. The van der Waals surface area contributed by atoms with Gasteiger partial charge in [-0.2, -0.15) is 0 Å². The number of aliphatic hydroxyl groups is 1. The van der Waals surface area contributed by atoms with Gasteiger partial charge in [0, 0.05) is 19.3 Å². The topological polar surface area (TPSA) is 87.3 Å². The zero-order chi connectivity index (χ0) is 18.3. The summed E-state index contributed by atoms with van der Waals surface area (Å²) in [7, 11) is 3.49. The van der Waals surface area contributed by atoms with Gasteiger partial charge in [-0.05, 0) is 24.3 Å². The lowest BCUT2D eigenvalue weighted by Gasteiger charge is -2.18. The molecule has 3 aromatic rings. The number of imidazole rings is 1. The van der Waals surface area contributed by atoms with E-state index < -0.39 is 0 Å². The monoisotopic (exact) mass is 349 g/mol. The van der Waals surface area contributed by atoms with Crippen molar-refractivity contribution in [2.75, 3.05) is 13.7 Å². The van der Waals surface area contributed by atoms with E-state index >= 15 is 0 Å². The van der Waals surface area contributed by atoms with Crippen LogP contribution in [0.25, 0.3) is 16.6 Å². The molecule has 1 aliphatic rings. The van der Waals surface area contributed by atoms with Gasteiger partial charge in [0.25, 0.3) is 0 Å². The quantitative estimate of drug-likeness (QED) is 0.756. The van der Waals surface area contributed by atoms with E-state index in [9.17, 15) is 5.11 Å². The molecule has 0 radical (unpaired) electrons. The summed E-state index contributed by atoms with van der Waals surface area (Å²) in [5.41, 5.74) is 2.98. The molecule has 1 aliphatic heterocycles. The number of aromatic nitrogens is 3. The largest absolute Gasteiger partial charge is 0.510 e. The van der Waals surface area contributed by atoms with Crippen molar-refractivity contribution in [1.29, 1.82) is 5.41 Å². The lowest BCUT2D eigenvalue weighted by Crippen LogP contribution is -2.26. The number of aryl methyl sites for hydroxylation is 1. The van der Waals surface area contributed by atoms with Crippen molar-refractivity contribution >= 4 is 22.4 Å². The number of rotatable bonds is 4. The minimum atomic E-state index is 0.149. The third kappa shape index (κ3) is 2.57. The highest BCUT2D eigenvalue weighted by atomic mass is 16.5. The van der Waals surface area contributed by atoms with Crippen LogP contribution in [0.2, 0.25) is 0 Å². The summed E-state index contributed by atoms with van der Waals surface area (Å²) < 4.78 is 7.14. The van der Waals surface area contributed by atoms with Crippen molar-refractivity contribution in [3.05, 3.63) is 59.9 Å². The predicted molar refractivity (Wildman–Crippen MR) is 99.2 cm³/mol. The molecule has 0 fully saturated rings. The second-order valence-corrected chi connectivity index (χ2v) is 6.20. The van der Waals surface area contributed by atoms with E-state index in [2.05, 4.69) is 9.97 Å². The number of amidine groups is 1. The van der Waals surface area contributed by atoms with Gasteiger partial charge in [0.05, 0.1) is 42.5 Å². The van der Waals surface area contributed by atoms with Crippen LogP contribution < -0.4 is 4.74 Å². The molecule has 4 rings (SSSR count). The molecule has 26 heavy (non-hydrogen) atoms. The van der Waals surface area contributed by atoms with Crippen LogP contribution >= 0.6 is 0 Å². The lowest BCUT2D eigenvalue weighted by molar-refractivity contribution is 0.345. The fourth-order valence-electron chi connectivity index (χ4n) is 3.22. The summed E-state index contributed by atoms with van der Waals surface area (Å²) in [6.45, 7) is 0.738. The van der Waals surface area contributed by atoms with Crippen LogP contribution in [0.5, 0.6) is 5.75 Å². The number of nitrogens with one attached hydrogen (secondary N) is 1. The minimum absolute atomic E-state index is 0.149. The van der Waals surface area contributed by atoms with Crippen LogP contribution in [0.3, 0.4) is 0 Å². The number of fused-ring (bicyclic) bond motifs is 1. The first-order valence-electron chi connectivity index (χ1n) is 8.25. The molecule has 0 unspecified atom stereocenters. The number of benzene rings is 1. The number of hydrogen-bond acceptors (Lipinski definition) is 5. The molecule has 132 valence electrons. The van der Waals surface area contributed by atoms with Crippen LogP contribution in [-0.2, 0) is 13.6 Å². The Morgan fingerprint density at radius 2 is 2.12 bits per heavy atom. The molecule has 0 saturated carbocycles.